The fourth-order valence-corrected chi connectivity index (χ4v) is 2.08. The minimum Gasteiger partial charge on any atom is -0.481 e. The summed E-state index contributed by atoms with van der Waals surface area (Å²) < 4.78 is 0. The van der Waals surface area contributed by atoms with E-state index in [1.807, 2.05) is 31.2 Å². The Hall–Kier alpha value is -1.69. The molecule has 0 aliphatic carbocycles. The van der Waals surface area contributed by atoms with Gasteiger partial charge >= 0.3 is 12.0 Å². The maximum atomic E-state index is 11.3. The van der Waals surface area contributed by atoms with E-state index < -0.39 is 5.97 Å². The standard InChI is InChI=1S/C13H18N2O3S/c1-10-2-4-11(5-3-10)19-9-8-15-13(18)14-7-6-12(16)17/h2-5H,6-9H2,1H3,(H,16,17)(H2,14,15,18). The summed E-state index contributed by atoms with van der Waals surface area (Å²) in [6.07, 6.45) is -0.0640. The van der Waals surface area contributed by atoms with Crippen molar-refractivity contribution in [2.75, 3.05) is 18.8 Å². The van der Waals surface area contributed by atoms with Crippen molar-refractivity contribution in [2.24, 2.45) is 0 Å². The second kappa shape index (κ2) is 8.42. The number of carbonyl (C=O) groups excluding carboxylic acids is 1. The minimum atomic E-state index is -0.921. The number of amides is 2. The molecule has 0 bridgehead atoms. The van der Waals surface area contributed by atoms with Gasteiger partial charge in [-0.3, -0.25) is 4.79 Å². The van der Waals surface area contributed by atoms with E-state index in [1.54, 1.807) is 11.8 Å². The van der Waals surface area contributed by atoms with Crippen LogP contribution in [0.3, 0.4) is 0 Å². The molecule has 0 saturated carbocycles. The van der Waals surface area contributed by atoms with Gasteiger partial charge in [0, 0.05) is 23.7 Å². The molecule has 0 heterocycles. The predicted molar refractivity (Wildman–Crippen MR) is 75.6 cm³/mol. The summed E-state index contributed by atoms with van der Waals surface area (Å²) in [5.74, 6) is -0.148. The topological polar surface area (TPSA) is 78.4 Å². The molecule has 0 fully saturated rings. The van der Waals surface area contributed by atoms with Crippen molar-refractivity contribution in [1.82, 2.24) is 10.6 Å². The Bertz CT molecular complexity index is 420. The van der Waals surface area contributed by atoms with Gasteiger partial charge in [-0.1, -0.05) is 17.7 Å². The number of benzene rings is 1. The van der Waals surface area contributed by atoms with Crippen LogP contribution in [-0.2, 0) is 4.79 Å². The van der Waals surface area contributed by atoms with Crippen LogP contribution in [0.15, 0.2) is 29.2 Å². The van der Waals surface area contributed by atoms with Gasteiger partial charge in [-0.15, -0.1) is 11.8 Å². The quantitative estimate of drug-likeness (QED) is 0.527. The molecule has 2 amide bonds. The fourth-order valence-electron chi connectivity index (χ4n) is 1.31. The molecule has 0 atom stereocenters. The van der Waals surface area contributed by atoms with Crippen LogP contribution >= 0.6 is 11.8 Å². The summed E-state index contributed by atoms with van der Waals surface area (Å²) in [5, 5.41) is 13.6. The molecule has 0 aromatic heterocycles. The van der Waals surface area contributed by atoms with Crippen LogP contribution in [0.25, 0.3) is 0 Å². The SMILES string of the molecule is Cc1ccc(SCCNC(=O)NCCC(=O)O)cc1. The van der Waals surface area contributed by atoms with Gasteiger partial charge in [0.05, 0.1) is 6.42 Å². The van der Waals surface area contributed by atoms with Gasteiger partial charge in [0.1, 0.15) is 0 Å². The smallest absolute Gasteiger partial charge is 0.314 e. The first kappa shape index (κ1) is 15.4. The maximum Gasteiger partial charge on any atom is 0.314 e. The third kappa shape index (κ3) is 7.35. The van der Waals surface area contributed by atoms with Crippen LogP contribution in [0.5, 0.6) is 0 Å². The number of thioether (sulfide) groups is 1. The highest BCUT2D eigenvalue weighted by Gasteiger charge is 2.01. The van der Waals surface area contributed by atoms with Crippen molar-refractivity contribution < 1.29 is 14.7 Å². The lowest BCUT2D eigenvalue weighted by molar-refractivity contribution is -0.136. The Morgan fingerprint density at radius 3 is 2.42 bits per heavy atom. The molecule has 6 heteroatoms. The van der Waals surface area contributed by atoms with Gasteiger partial charge in [-0.25, -0.2) is 4.79 Å². The fraction of sp³-hybridized carbons (Fsp3) is 0.385. The van der Waals surface area contributed by atoms with Crippen LogP contribution in [0, 0.1) is 6.92 Å². The molecule has 3 N–H and O–H groups in total. The zero-order valence-corrected chi connectivity index (χ0v) is 11.6. The average molecular weight is 282 g/mol. The Morgan fingerprint density at radius 2 is 1.79 bits per heavy atom. The van der Waals surface area contributed by atoms with Crippen molar-refractivity contribution in [2.45, 2.75) is 18.2 Å². The van der Waals surface area contributed by atoms with Crippen LogP contribution < -0.4 is 10.6 Å². The first-order valence-corrected chi connectivity index (χ1v) is 6.99. The molecule has 1 rings (SSSR count). The van der Waals surface area contributed by atoms with Crippen molar-refractivity contribution in [3.8, 4) is 0 Å². The Morgan fingerprint density at radius 1 is 1.16 bits per heavy atom. The Balaban J connectivity index is 2.08. The van der Waals surface area contributed by atoms with E-state index in [1.165, 1.54) is 10.5 Å². The largest absolute Gasteiger partial charge is 0.481 e. The number of rotatable bonds is 7. The molecule has 0 spiro atoms. The third-order valence-corrected chi connectivity index (χ3v) is 3.32. The van der Waals surface area contributed by atoms with E-state index in [0.717, 1.165) is 5.75 Å². The summed E-state index contributed by atoms with van der Waals surface area (Å²) in [6, 6.07) is 7.87. The number of aliphatic carboxylic acids is 1. The van der Waals surface area contributed by atoms with Gasteiger partial charge in [-0.2, -0.15) is 0 Å². The van der Waals surface area contributed by atoms with Gasteiger partial charge in [0.2, 0.25) is 0 Å². The van der Waals surface area contributed by atoms with E-state index in [4.69, 9.17) is 5.11 Å². The summed E-state index contributed by atoms with van der Waals surface area (Å²) in [5.41, 5.74) is 1.22. The van der Waals surface area contributed by atoms with E-state index in [9.17, 15) is 9.59 Å². The molecule has 19 heavy (non-hydrogen) atoms. The molecule has 0 aliphatic heterocycles. The van der Waals surface area contributed by atoms with E-state index in [2.05, 4.69) is 10.6 Å². The minimum absolute atomic E-state index is 0.0640. The number of urea groups is 1. The average Bonchev–Trinajstić information content (AvgIpc) is 2.36. The maximum absolute atomic E-state index is 11.3. The van der Waals surface area contributed by atoms with E-state index in [0.29, 0.717) is 6.54 Å². The Kier molecular flexibility index (Phi) is 6.81. The molecule has 1 aromatic carbocycles. The molecule has 0 saturated heterocycles. The second-order valence-corrected chi connectivity index (χ2v) is 5.16. The molecule has 1 aromatic rings. The highest BCUT2D eigenvalue weighted by Crippen LogP contribution is 2.17. The van der Waals surface area contributed by atoms with Crippen LogP contribution in [0.4, 0.5) is 4.79 Å². The number of carboxylic acid groups (broad SMARTS) is 1. The molecular weight excluding hydrogens is 264 g/mol. The van der Waals surface area contributed by atoms with Gasteiger partial charge < -0.3 is 15.7 Å². The molecule has 0 radical (unpaired) electrons. The van der Waals surface area contributed by atoms with E-state index >= 15 is 0 Å². The van der Waals surface area contributed by atoms with Gasteiger partial charge in [0.25, 0.3) is 0 Å². The Labute approximate surface area is 116 Å². The molecular formula is C13H18N2O3S. The lowest BCUT2D eigenvalue weighted by Crippen LogP contribution is -2.37. The lowest BCUT2D eigenvalue weighted by Gasteiger charge is -2.06. The summed E-state index contributed by atoms with van der Waals surface area (Å²) in [7, 11) is 0. The highest BCUT2D eigenvalue weighted by molar-refractivity contribution is 7.99. The van der Waals surface area contributed by atoms with Crippen LogP contribution in [0.1, 0.15) is 12.0 Å². The molecule has 0 unspecified atom stereocenters. The molecule has 5 nitrogen and oxygen atoms in total. The molecule has 0 aliphatic rings. The molecule has 104 valence electrons. The van der Waals surface area contributed by atoms with Gasteiger partial charge in [-0.05, 0) is 19.1 Å². The predicted octanol–water partition coefficient (Wildman–Crippen LogP) is 1.86. The lowest BCUT2D eigenvalue weighted by atomic mass is 10.2. The summed E-state index contributed by atoms with van der Waals surface area (Å²) in [4.78, 5) is 22.7. The van der Waals surface area contributed by atoms with Crippen molar-refractivity contribution in [1.29, 1.82) is 0 Å². The van der Waals surface area contributed by atoms with Crippen LogP contribution in [-0.4, -0.2) is 35.9 Å². The summed E-state index contributed by atoms with van der Waals surface area (Å²) in [6.45, 7) is 2.72. The number of aryl methyl sites for hydroxylation is 1. The number of nitrogens with one attached hydrogen (secondary N) is 2. The number of hydrogen-bond donors (Lipinski definition) is 3. The normalized spacial score (nSPS) is 9.95. The first-order valence-electron chi connectivity index (χ1n) is 6.01. The van der Waals surface area contributed by atoms with Gasteiger partial charge in [0.15, 0.2) is 0 Å². The highest BCUT2D eigenvalue weighted by atomic mass is 32.2. The first-order chi connectivity index (χ1) is 9.08. The number of carboxylic acids is 1. The zero-order chi connectivity index (χ0) is 14.1. The van der Waals surface area contributed by atoms with Crippen LogP contribution in [0.2, 0.25) is 0 Å². The monoisotopic (exact) mass is 282 g/mol. The van der Waals surface area contributed by atoms with Crippen molar-refractivity contribution in [3.63, 3.8) is 0 Å². The zero-order valence-electron chi connectivity index (χ0n) is 10.8. The van der Waals surface area contributed by atoms with Crippen molar-refractivity contribution in [3.05, 3.63) is 29.8 Å². The third-order valence-electron chi connectivity index (χ3n) is 2.30. The number of carbonyl (C=O) groups is 2. The van der Waals surface area contributed by atoms with Crippen molar-refractivity contribution >= 4 is 23.8 Å². The summed E-state index contributed by atoms with van der Waals surface area (Å²) >= 11 is 1.66. The number of hydrogen-bond acceptors (Lipinski definition) is 3. The van der Waals surface area contributed by atoms with E-state index in [-0.39, 0.29) is 19.0 Å². The second-order valence-electron chi connectivity index (χ2n) is 3.99.